The van der Waals surface area contributed by atoms with Gasteiger partial charge in [-0.15, -0.1) is 0 Å². The molecule has 1 fully saturated rings. The predicted octanol–water partition coefficient (Wildman–Crippen LogP) is 1.63. The molecule has 0 aliphatic heterocycles. The number of aromatic nitrogens is 1. The second-order valence-corrected chi connectivity index (χ2v) is 4.35. The number of hydrogen-bond donors (Lipinski definition) is 0. The van der Waals surface area contributed by atoms with Crippen LogP contribution in [0.3, 0.4) is 0 Å². The standard InChI is InChI=1S/C12H16N2O2/c1-8-6-13-7-10(16-9-4-5-9)11(8)12(15)14(2)3/h6-7,9H,4-5H2,1-3H3. The number of amides is 1. The van der Waals surface area contributed by atoms with Gasteiger partial charge in [-0.25, -0.2) is 0 Å². The third-order valence-corrected chi connectivity index (χ3v) is 2.54. The molecule has 86 valence electrons. The summed E-state index contributed by atoms with van der Waals surface area (Å²) in [6, 6.07) is 0. The molecule has 4 nitrogen and oxygen atoms in total. The van der Waals surface area contributed by atoms with Crippen molar-refractivity contribution in [1.29, 1.82) is 0 Å². The largest absolute Gasteiger partial charge is 0.488 e. The highest BCUT2D eigenvalue weighted by atomic mass is 16.5. The fraction of sp³-hybridized carbons (Fsp3) is 0.500. The number of aryl methyl sites for hydroxylation is 1. The van der Waals surface area contributed by atoms with Gasteiger partial charge in [0.05, 0.1) is 17.9 Å². The molecule has 0 N–H and O–H groups in total. The van der Waals surface area contributed by atoms with E-state index in [4.69, 9.17) is 4.74 Å². The summed E-state index contributed by atoms with van der Waals surface area (Å²) in [5.74, 6) is 0.580. The average Bonchev–Trinajstić information content (AvgIpc) is 3.01. The average molecular weight is 220 g/mol. The molecule has 1 aromatic rings. The first-order valence-electron chi connectivity index (χ1n) is 5.42. The van der Waals surface area contributed by atoms with Gasteiger partial charge in [-0.3, -0.25) is 9.78 Å². The molecule has 1 amide bonds. The Hall–Kier alpha value is -1.58. The lowest BCUT2D eigenvalue weighted by molar-refractivity contribution is 0.0822. The van der Waals surface area contributed by atoms with Crippen molar-refractivity contribution in [1.82, 2.24) is 9.88 Å². The number of rotatable bonds is 3. The van der Waals surface area contributed by atoms with E-state index in [1.54, 1.807) is 31.4 Å². The van der Waals surface area contributed by atoms with Crippen molar-refractivity contribution < 1.29 is 9.53 Å². The van der Waals surface area contributed by atoms with E-state index < -0.39 is 0 Å². The summed E-state index contributed by atoms with van der Waals surface area (Å²) in [6.45, 7) is 1.88. The van der Waals surface area contributed by atoms with Crippen molar-refractivity contribution in [3.63, 3.8) is 0 Å². The molecule has 1 saturated carbocycles. The third kappa shape index (κ3) is 2.15. The van der Waals surface area contributed by atoms with E-state index in [1.807, 2.05) is 6.92 Å². The Morgan fingerprint density at radius 2 is 2.12 bits per heavy atom. The number of ether oxygens (including phenoxy) is 1. The SMILES string of the molecule is Cc1cncc(OC2CC2)c1C(=O)N(C)C. The first kappa shape index (κ1) is 10.9. The molecule has 1 aromatic heterocycles. The highest BCUT2D eigenvalue weighted by Crippen LogP contribution is 2.30. The van der Waals surface area contributed by atoms with Crippen LogP contribution in [0.1, 0.15) is 28.8 Å². The van der Waals surface area contributed by atoms with Crippen molar-refractivity contribution in [2.24, 2.45) is 0 Å². The second kappa shape index (κ2) is 4.12. The molecule has 2 rings (SSSR count). The normalized spacial score (nSPS) is 14.7. The van der Waals surface area contributed by atoms with Crippen molar-refractivity contribution in [2.75, 3.05) is 14.1 Å². The van der Waals surface area contributed by atoms with E-state index >= 15 is 0 Å². The first-order chi connectivity index (χ1) is 7.59. The van der Waals surface area contributed by atoms with Crippen molar-refractivity contribution in [3.05, 3.63) is 23.5 Å². The van der Waals surface area contributed by atoms with Crippen LogP contribution in [0.4, 0.5) is 0 Å². The summed E-state index contributed by atoms with van der Waals surface area (Å²) in [7, 11) is 3.48. The van der Waals surface area contributed by atoms with Crippen molar-refractivity contribution in [2.45, 2.75) is 25.9 Å². The Labute approximate surface area is 95.2 Å². The fourth-order valence-electron chi connectivity index (χ4n) is 1.49. The molecule has 4 heteroatoms. The molecule has 0 bridgehead atoms. The smallest absolute Gasteiger partial charge is 0.257 e. The van der Waals surface area contributed by atoms with Crippen molar-refractivity contribution >= 4 is 5.91 Å². The van der Waals surface area contributed by atoms with E-state index in [9.17, 15) is 4.79 Å². The Morgan fingerprint density at radius 3 is 2.69 bits per heavy atom. The highest BCUT2D eigenvalue weighted by Gasteiger charge is 2.27. The number of carbonyl (C=O) groups excluding carboxylic acids is 1. The molecular formula is C12H16N2O2. The summed E-state index contributed by atoms with van der Waals surface area (Å²) >= 11 is 0. The maximum atomic E-state index is 12.0. The summed E-state index contributed by atoms with van der Waals surface area (Å²) < 4.78 is 5.70. The van der Waals surface area contributed by atoms with Crippen LogP contribution in [0, 0.1) is 6.92 Å². The molecular weight excluding hydrogens is 204 g/mol. The number of hydrogen-bond acceptors (Lipinski definition) is 3. The summed E-state index contributed by atoms with van der Waals surface area (Å²) in [5.41, 5.74) is 1.49. The molecule has 0 unspecified atom stereocenters. The van der Waals surface area contributed by atoms with Crippen molar-refractivity contribution in [3.8, 4) is 5.75 Å². The van der Waals surface area contributed by atoms with E-state index in [0.717, 1.165) is 18.4 Å². The van der Waals surface area contributed by atoms with Gasteiger partial charge in [0.2, 0.25) is 0 Å². The van der Waals surface area contributed by atoms with Crippen LogP contribution in [0.2, 0.25) is 0 Å². The summed E-state index contributed by atoms with van der Waals surface area (Å²) in [5, 5.41) is 0. The Kier molecular flexibility index (Phi) is 2.81. The predicted molar refractivity (Wildman–Crippen MR) is 60.6 cm³/mol. The minimum Gasteiger partial charge on any atom is -0.488 e. The zero-order valence-electron chi connectivity index (χ0n) is 9.86. The Bertz CT molecular complexity index is 411. The molecule has 0 atom stereocenters. The maximum Gasteiger partial charge on any atom is 0.257 e. The molecule has 0 radical (unpaired) electrons. The van der Waals surface area contributed by atoms with Crippen LogP contribution in [-0.2, 0) is 0 Å². The van der Waals surface area contributed by atoms with Gasteiger partial charge in [-0.05, 0) is 25.3 Å². The van der Waals surface area contributed by atoms with E-state index in [0.29, 0.717) is 11.3 Å². The molecule has 0 saturated heterocycles. The minimum atomic E-state index is -0.0319. The third-order valence-electron chi connectivity index (χ3n) is 2.54. The van der Waals surface area contributed by atoms with E-state index in [1.165, 1.54) is 0 Å². The lowest BCUT2D eigenvalue weighted by Gasteiger charge is -2.16. The van der Waals surface area contributed by atoms with E-state index in [2.05, 4.69) is 4.98 Å². The Balaban J connectivity index is 2.35. The van der Waals surface area contributed by atoms with Crippen LogP contribution in [0.25, 0.3) is 0 Å². The van der Waals surface area contributed by atoms with E-state index in [-0.39, 0.29) is 12.0 Å². The maximum absolute atomic E-state index is 12.0. The lowest BCUT2D eigenvalue weighted by Crippen LogP contribution is -2.23. The van der Waals surface area contributed by atoms with Crippen LogP contribution in [0.5, 0.6) is 5.75 Å². The Morgan fingerprint density at radius 1 is 1.44 bits per heavy atom. The lowest BCUT2D eigenvalue weighted by atomic mass is 10.1. The molecule has 16 heavy (non-hydrogen) atoms. The monoisotopic (exact) mass is 220 g/mol. The number of pyridine rings is 1. The molecule has 0 aromatic carbocycles. The van der Waals surface area contributed by atoms with Crippen LogP contribution >= 0.6 is 0 Å². The van der Waals surface area contributed by atoms with Crippen LogP contribution < -0.4 is 4.74 Å². The fourth-order valence-corrected chi connectivity index (χ4v) is 1.49. The molecule has 0 spiro atoms. The first-order valence-corrected chi connectivity index (χ1v) is 5.42. The van der Waals surface area contributed by atoms with Crippen LogP contribution in [-0.4, -0.2) is 36.0 Å². The summed E-state index contributed by atoms with van der Waals surface area (Å²) in [4.78, 5) is 17.6. The van der Waals surface area contributed by atoms with Gasteiger partial charge in [0, 0.05) is 20.3 Å². The van der Waals surface area contributed by atoms with Gasteiger partial charge in [0.25, 0.3) is 5.91 Å². The molecule has 1 aliphatic carbocycles. The van der Waals surface area contributed by atoms with Gasteiger partial charge in [-0.1, -0.05) is 0 Å². The van der Waals surface area contributed by atoms with Gasteiger partial charge < -0.3 is 9.64 Å². The zero-order chi connectivity index (χ0) is 11.7. The van der Waals surface area contributed by atoms with Gasteiger partial charge in [-0.2, -0.15) is 0 Å². The zero-order valence-corrected chi connectivity index (χ0v) is 9.86. The second-order valence-electron chi connectivity index (χ2n) is 4.35. The topological polar surface area (TPSA) is 42.4 Å². The quantitative estimate of drug-likeness (QED) is 0.777. The van der Waals surface area contributed by atoms with Crippen LogP contribution in [0.15, 0.2) is 12.4 Å². The minimum absolute atomic E-state index is 0.0319. The summed E-state index contributed by atoms with van der Waals surface area (Å²) in [6.07, 6.45) is 5.74. The number of nitrogens with zero attached hydrogens (tertiary/aromatic N) is 2. The van der Waals surface area contributed by atoms with Gasteiger partial charge >= 0.3 is 0 Å². The molecule has 1 aliphatic rings. The number of carbonyl (C=O) groups is 1. The van der Waals surface area contributed by atoms with Gasteiger partial charge in [0.15, 0.2) is 5.75 Å². The van der Waals surface area contributed by atoms with Gasteiger partial charge in [0.1, 0.15) is 0 Å². The molecule has 1 heterocycles. The highest BCUT2D eigenvalue weighted by molar-refractivity contribution is 5.97.